The summed E-state index contributed by atoms with van der Waals surface area (Å²) in [4.78, 5) is 6.11. The highest BCUT2D eigenvalue weighted by Crippen LogP contribution is 2.29. The topological polar surface area (TPSA) is 39.6 Å². The van der Waals surface area contributed by atoms with E-state index in [0.29, 0.717) is 13.1 Å². The van der Waals surface area contributed by atoms with Crippen LogP contribution in [0.4, 0.5) is 0 Å². The fourth-order valence-electron chi connectivity index (χ4n) is 2.29. The lowest BCUT2D eigenvalue weighted by Crippen LogP contribution is -2.66. The summed E-state index contributed by atoms with van der Waals surface area (Å²) in [7, 11) is 2.12. The van der Waals surface area contributed by atoms with E-state index in [2.05, 4.69) is 44.6 Å². The van der Waals surface area contributed by atoms with Crippen molar-refractivity contribution >= 4 is 0 Å². The third-order valence-electron chi connectivity index (χ3n) is 3.52. The lowest BCUT2D eigenvalue weighted by Gasteiger charge is -2.53. The van der Waals surface area contributed by atoms with Crippen molar-refractivity contribution in [3.8, 4) is 0 Å². The number of hydrogen-bond acceptors (Lipinski definition) is 4. The zero-order valence-electron chi connectivity index (χ0n) is 12.1. The number of pyridine rings is 1. The fraction of sp³-hybridized carbons (Fsp3) is 0.643. The molecular formula is C14H25N3O. The Kier molecular flexibility index (Phi) is 4.85. The second-order valence-corrected chi connectivity index (χ2v) is 6.03. The number of aromatic nitrogens is 1. The first-order valence-electron chi connectivity index (χ1n) is 6.28. The van der Waals surface area contributed by atoms with Crippen molar-refractivity contribution in [1.29, 1.82) is 0 Å². The van der Waals surface area contributed by atoms with Crippen molar-refractivity contribution in [2.45, 2.75) is 38.8 Å². The molecule has 4 nitrogen and oxygen atoms in total. The maximum Gasteiger partial charge on any atom is 0.0418 e. The van der Waals surface area contributed by atoms with Crippen molar-refractivity contribution in [3.05, 3.63) is 30.6 Å². The molecule has 0 unspecified atom stereocenters. The molecule has 0 spiro atoms. The third-order valence-corrected chi connectivity index (χ3v) is 3.52. The van der Waals surface area contributed by atoms with E-state index < -0.39 is 0 Å². The molecule has 0 atom stereocenters. The Morgan fingerprint density at radius 3 is 1.67 bits per heavy atom. The first-order chi connectivity index (χ1) is 8.26. The second-order valence-electron chi connectivity index (χ2n) is 6.03. The molecule has 1 aromatic rings. The van der Waals surface area contributed by atoms with E-state index >= 15 is 0 Å². The molecule has 1 aliphatic heterocycles. The summed E-state index contributed by atoms with van der Waals surface area (Å²) in [5.74, 6) is 0. The van der Waals surface area contributed by atoms with Gasteiger partial charge in [0.15, 0.2) is 0 Å². The van der Waals surface area contributed by atoms with Gasteiger partial charge in [0.2, 0.25) is 0 Å². The van der Waals surface area contributed by atoms with Gasteiger partial charge in [0.1, 0.15) is 0 Å². The SMILES string of the molecule is CN1C(C)(C)CN(O)CC1(C)C.c1ccncc1. The molecule has 1 aliphatic rings. The molecule has 0 amide bonds. The molecule has 102 valence electrons. The van der Waals surface area contributed by atoms with Crippen LogP contribution in [0.15, 0.2) is 30.6 Å². The Morgan fingerprint density at radius 1 is 0.944 bits per heavy atom. The third kappa shape index (κ3) is 4.05. The minimum Gasteiger partial charge on any atom is -0.314 e. The molecule has 0 saturated carbocycles. The van der Waals surface area contributed by atoms with E-state index in [1.54, 1.807) is 12.4 Å². The van der Waals surface area contributed by atoms with Gasteiger partial charge in [-0.05, 0) is 46.9 Å². The first kappa shape index (κ1) is 15.1. The largest absolute Gasteiger partial charge is 0.314 e. The van der Waals surface area contributed by atoms with Gasteiger partial charge in [0, 0.05) is 36.6 Å². The summed E-state index contributed by atoms with van der Waals surface area (Å²) < 4.78 is 0. The van der Waals surface area contributed by atoms with Gasteiger partial charge in [-0.2, -0.15) is 5.06 Å². The van der Waals surface area contributed by atoms with E-state index in [4.69, 9.17) is 0 Å². The second kappa shape index (κ2) is 5.78. The Hall–Kier alpha value is -0.970. The number of piperazine rings is 1. The van der Waals surface area contributed by atoms with Gasteiger partial charge in [0.25, 0.3) is 0 Å². The van der Waals surface area contributed by atoms with Crippen LogP contribution < -0.4 is 0 Å². The lowest BCUT2D eigenvalue weighted by atomic mass is 9.90. The highest BCUT2D eigenvalue weighted by atomic mass is 16.5. The molecule has 1 fully saturated rings. The molecule has 1 aromatic heterocycles. The van der Waals surface area contributed by atoms with Crippen LogP contribution in [0.25, 0.3) is 0 Å². The number of likely N-dealkylation sites (N-methyl/N-ethyl adjacent to an activating group) is 1. The quantitative estimate of drug-likeness (QED) is 0.768. The maximum absolute atomic E-state index is 9.50. The van der Waals surface area contributed by atoms with Gasteiger partial charge in [0.05, 0.1) is 0 Å². The van der Waals surface area contributed by atoms with Crippen molar-refractivity contribution in [1.82, 2.24) is 14.9 Å². The molecular weight excluding hydrogens is 226 g/mol. The van der Waals surface area contributed by atoms with Crippen LogP contribution in [0, 0.1) is 0 Å². The fourth-order valence-corrected chi connectivity index (χ4v) is 2.29. The van der Waals surface area contributed by atoms with Crippen LogP contribution in [-0.2, 0) is 0 Å². The van der Waals surface area contributed by atoms with Crippen LogP contribution in [0.5, 0.6) is 0 Å². The Labute approximate surface area is 110 Å². The molecule has 18 heavy (non-hydrogen) atoms. The molecule has 2 heterocycles. The van der Waals surface area contributed by atoms with Crippen LogP contribution in [-0.4, -0.2) is 51.4 Å². The molecule has 1 N–H and O–H groups in total. The standard InChI is InChI=1S/C9H20N2O.C5H5N/c1-8(2)6-11(12)7-9(3,4)10(8)5;1-2-4-6-5-3-1/h12H,6-7H2,1-5H3;1-5H. The maximum atomic E-state index is 9.50. The summed E-state index contributed by atoms with van der Waals surface area (Å²) in [5.41, 5.74) is 0.104. The van der Waals surface area contributed by atoms with Gasteiger partial charge in [-0.15, -0.1) is 0 Å². The highest BCUT2D eigenvalue weighted by molar-refractivity contribution is 4.97. The Bertz CT molecular complexity index is 307. The number of hydrogen-bond donors (Lipinski definition) is 1. The number of hydroxylamine groups is 2. The van der Waals surface area contributed by atoms with Crippen molar-refractivity contribution in [3.63, 3.8) is 0 Å². The monoisotopic (exact) mass is 251 g/mol. The van der Waals surface area contributed by atoms with Gasteiger partial charge in [-0.1, -0.05) is 6.07 Å². The van der Waals surface area contributed by atoms with Gasteiger partial charge >= 0.3 is 0 Å². The van der Waals surface area contributed by atoms with Crippen LogP contribution in [0.3, 0.4) is 0 Å². The molecule has 0 radical (unpaired) electrons. The lowest BCUT2D eigenvalue weighted by molar-refractivity contribution is -0.186. The van der Waals surface area contributed by atoms with Crippen LogP contribution >= 0.6 is 0 Å². The number of rotatable bonds is 0. The molecule has 4 heteroatoms. The Morgan fingerprint density at radius 2 is 1.39 bits per heavy atom. The van der Waals surface area contributed by atoms with Crippen LogP contribution in [0.1, 0.15) is 27.7 Å². The van der Waals surface area contributed by atoms with Gasteiger partial charge in [-0.25, -0.2) is 0 Å². The molecule has 1 saturated heterocycles. The van der Waals surface area contributed by atoms with E-state index in [9.17, 15) is 5.21 Å². The molecule has 0 aromatic carbocycles. The van der Waals surface area contributed by atoms with Crippen molar-refractivity contribution < 1.29 is 5.21 Å². The molecule has 2 rings (SSSR count). The highest BCUT2D eigenvalue weighted by Gasteiger charge is 2.41. The smallest absolute Gasteiger partial charge is 0.0418 e. The summed E-state index contributed by atoms with van der Waals surface area (Å²) >= 11 is 0. The van der Waals surface area contributed by atoms with E-state index in [0.717, 1.165) is 0 Å². The average molecular weight is 251 g/mol. The predicted octanol–water partition coefficient (Wildman–Crippen LogP) is 2.26. The van der Waals surface area contributed by atoms with Crippen LogP contribution in [0.2, 0.25) is 0 Å². The minimum absolute atomic E-state index is 0.0521. The van der Waals surface area contributed by atoms with E-state index in [1.165, 1.54) is 5.06 Å². The molecule has 0 aliphatic carbocycles. The Balaban J connectivity index is 0.000000225. The van der Waals surface area contributed by atoms with E-state index in [-0.39, 0.29) is 11.1 Å². The zero-order valence-corrected chi connectivity index (χ0v) is 12.1. The summed E-state index contributed by atoms with van der Waals surface area (Å²) in [6.45, 7) is 10.0. The zero-order chi connectivity index (χ0) is 13.8. The predicted molar refractivity (Wildman–Crippen MR) is 73.5 cm³/mol. The average Bonchev–Trinajstić information content (AvgIpc) is 2.28. The summed E-state index contributed by atoms with van der Waals surface area (Å²) in [5, 5.41) is 10.9. The van der Waals surface area contributed by atoms with Gasteiger partial charge < -0.3 is 5.21 Å². The first-order valence-corrected chi connectivity index (χ1v) is 6.28. The summed E-state index contributed by atoms with van der Waals surface area (Å²) in [6, 6.07) is 5.72. The minimum atomic E-state index is 0.0521. The number of nitrogens with zero attached hydrogens (tertiary/aromatic N) is 3. The van der Waals surface area contributed by atoms with Crippen molar-refractivity contribution in [2.24, 2.45) is 0 Å². The summed E-state index contributed by atoms with van der Waals surface area (Å²) in [6.07, 6.45) is 3.50. The normalized spacial score (nSPS) is 23.0. The van der Waals surface area contributed by atoms with E-state index in [1.807, 2.05) is 18.2 Å². The van der Waals surface area contributed by atoms with Crippen molar-refractivity contribution in [2.75, 3.05) is 20.1 Å². The van der Waals surface area contributed by atoms with Gasteiger partial charge in [-0.3, -0.25) is 9.88 Å². The molecule has 0 bridgehead atoms.